The van der Waals surface area contributed by atoms with E-state index < -0.39 is 0 Å². The summed E-state index contributed by atoms with van der Waals surface area (Å²) in [7, 11) is 0. The van der Waals surface area contributed by atoms with Gasteiger partial charge in [-0.1, -0.05) is 41.9 Å². The van der Waals surface area contributed by atoms with E-state index in [1.165, 1.54) is 0 Å². The smallest absolute Gasteiger partial charge is 0.234 e. The molecule has 1 saturated heterocycles. The van der Waals surface area contributed by atoms with Gasteiger partial charge in [-0.05, 0) is 23.8 Å². The molecular weight excluding hydrogens is 374 g/mol. The molecule has 0 bridgehead atoms. The number of amides is 1. The van der Waals surface area contributed by atoms with Gasteiger partial charge in [0.1, 0.15) is 12.1 Å². The van der Waals surface area contributed by atoms with E-state index in [-0.39, 0.29) is 5.91 Å². The number of piperazine rings is 1. The van der Waals surface area contributed by atoms with Crippen LogP contribution in [0.3, 0.4) is 0 Å². The minimum absolute atomic E-state index is 0.0550. The van der Waals surface area contributed by atoms with Gasteiger partial charge in [0, 0.05) is 43.1 Å². The number of benzene rings is 2. The van der Waals surface area contributed by atoms with Gasteiger partial charge in [-0.2, -0.15) is 0 Å². The Balaban J connectivity index is 1.32. The molecule has 1 aromatic heterocycles. The fourth-order valence-electron chi connectivity index (χ4n) is 3.44. The molecule has 1 N–H and O–H groups in total. The number of aromatic nitrogens is 2. The van der Waals surface area contributed by atoms with E-state index in [0.29, 0.717) is 18.1 Å². The first-order valence-corrected chi connectivity index (χ1v) is 9.75. The summed E-state index contributed by atoms with van der Waals surface area (Å²) in [5.41, 5.74) is 1.96. The minimum atomic E-state index is 0.0550. The maximum absolute atomic E-state index is 12.2. The molecule has 0 aliphatic carbocycles. The van der Waals surface area contributed by atoms with Crippen LogP contribution in [0.1, 0.15) is 5.56 Å². The summed E-state index contributed by atoms with van der Waals surface area (Å²) in [6, 6.07) is 15.6. The molecule has 1 aliphatic heterocycles. The lowest BCUT2D eigenvalue weighted by Gasteiger charge is -2.35. The molecule has 0 spiro atoms. The average Bonchev–Trinajstić information content (AvgIpc) is 2.73. The molecule has 4 rings (SSSR count). The van der Waals surface area contributed by atoms with Crippen molar-refractivity contribution in [1.82, 2.24) is 20.2 Å². The van der Waals surface area contributed by atoms with Gasteiger partial charge in [0.25, 0.3) is 0 Å². The van der Waals surface area contributed by atoms with Crippen molar-refractivity contribution in [2.24, 2.45) is 0 Å². The predicted molar refractivity (Wildman–Crippen MR) is 111 cm³/mol. The zero-order valence-electron chi connectivity index (χ0n) is 15.5. The zero-order valence-corrected chi connectivity index (χ0v) is 16.3. The van der Waals surface area contributed by atoms with Crippen molar-refractivity contribution in [3.05, 3.63) is 65.4 Å². The second-order valence-corrected chi connectivity index (χ2v) is 7.32. The minimum Gasteiger partial charge on any atom is -0.353 e. The van der Waals surface area contributed by atoms with E-state index in [1.807, 2.05) is 48.5 Å². The maximum Gasteiger partial charge on any atom is 0.234 e. The van der Waals surface area contributed by atoms with Crippen LogP contribution < -0.4 is 10.2 Å². The van der Waals surface area contributed by atoms with Crippen LogP contribution >= 0.6 is 11.6 Å². The maximum atomic E-state index is 12.2. The van der Waals surface area contributed by atoms with E-state index in [9.17, 15) is 4.79 Å². The Morgan fingerprint density at radius 1 is 1.04 bits per heavy atom. The van der Waals surface area contributed by atoms with Crippen molar-refractivity contribution in [2.45, 2.75) is 6.54 Å². The van der Waals surface area contributed by atoms with Crippen LogP contribution in [-0.2, 0) is 11.3 Å². The first-order chi connectivity index (χ1) is 13.7. The van der Waals surface area contributed by atoms with Crippen LogP contribution in [0.4, 0.5) is 5.82 Å². The van der Waals surface area contributed by atoms with Gasteiger partial charge in [-0.3, -0.25) is 9.69 Å². The first-order valence-electron chi connectivity index (χ1n) is 9.37. The topological polar surface area (TPSA) is 61.4 Å². The molecular formula is C21H22ClN5O. The molecule has 2 aromatic carbocycles. The molecule has 0 saturated carbocycles. The van der Waals surface area contributed by atoms with Crippen LogP contribution in [0.5, 0.6) is 0 Å². The molecule has 1 fully saturated rings. The summed E-state index contributed by atoms with van der Waals surface area (Å²) in [6.07, 6.45) is 1.58. The van der Waals surface area contributed by atoms with Crippen LogP contribution in [0.25, 0.3) is 10.9 Å². The van der Waals surface area contributed by atoms with Gasteiger partial charge >= 0.3 is 0 Å². The normalized spacial score (nSPS) is 15.0. The Labute approximate surface area is 169 Å². The Morgan fingerprint density at radius 2 is 1.82 bits per heavy atom. The van der Waals surface area contributed by atoms with Crippen LogP contribution in [-0.4, -0.2) is 53.5 Å². The number of carbonyl (C=O) groups excluding carboxylic acids is 1. The Bertz CT molecular complexity index is 957. The number of halogens is 1. The standard InChI is InChI=1S/C21H22ClN5O/c22-17-6-7-18-19(12-17)24-15-25-21(18)27-10-8-26(9-11-27)14-20(28)23-13-16-4-2-1-3-5-16/h1-7,12,15H,8-11,13-14H2,(H,23,28). The molecule has 28 heavy (non-hydrogen) atoms. The predicted octanol–water partition coefficient (Wildman–Crippen LogP) is 2.72. The van der Waals surface area contributed by atoms with Gasteiger partial charge in [-0.25, -0.2) is 9.97 Å². The Kier molecular flexibility index (Phi) is 5.69. The van der Waals surface area contributed by atoms with E-state index in [0.717, 1.165) is 48.5 Å². The molecule has 2 heterocycles. The first kappa shape index (κ1) is 18.7. The highest BCUT2D eigenvalue weighted by Gasteiger charge is 2.21. The lowest BCUT2D eigenvalue weighted by atomic mass is 10.2. The monoisotopic (exact) mass is 395 g/mol. The van der Waals surface area contributed by atoms with Crippen molar-refractivity contribution < 1.29 is 4.79 Å². The van der Waals surface area contributed by atoms with Gasteiger partial charge in [0.15, 0.2) is 0 Å². The average molecular weight is 396 g/mol. The van der Waals surface area contributed by atoms with Crippen molar-refractivity contribution in [3.8, 4) is 0 Å². The summed E-state index contributed by atoms with van der Waals surface area (Å²) in [5.74, 6) is 0.981. The molecule has 0 unspecified atom stereocenters. The molecule has 144 valence electrons. The molecule has 6 nitrogen and oxygen atoms in total. The summed E-state index contributed by atoms with van der Waals surface area (Å²) in [6.45, 7) is 4.26. The van der Waals surface area contributed by atoms with Crippen LogP contribution in [0.15, 0.2) is 54.9 Å². The van der Waals surface area contributed by atoms with Crippen molar-refractivity contribution >= 4 is 34.2 Å². The van der Waals surface area contributed by atoms with Gasteiger partial charge in [0.2, 0.25) is 5.91 Å². The van der Waals surface area contributed by atoms with Crippen molar-refractivity contribution in [3.63, 3.8) is 0 Å². The second kappa shape index (κ2) is 8.54. The summed E-state index contributed by atoms with van der Waals surface area (Å²) in [4.78, 5) is 25.5. The highest BCUT2D eigenvalue weighted by Crippen LogP contribution is 2.26. The van der Waals surface area contributed by atoms with E-state index in [1.54, 1.807) is 6.33 Å². The van der Waals surface area contributed by atoms with Crippen molar-refractivity contribution in [1.29, 1.82) is 0 Å². The van der Waals surface area contributed by atoms with Crippen LogP contribution in [0.2, 0.25) is 5.02 Å². The number of hydrogen-bond donors (Lipinski definition) is 1. The SMILES string of the molecule is O=C(CN1CCN(c2ncnc3cc(Cl)ccc23)CC1)NCc1ccccc1. The highest BCUT2D eigenvalue weighted by molar-refractivity contribution is 6.31. The summed E-state index contributed by atoms with van der Waals surface area (Å²) in [5, 5.41) is 4.66. The van der Waals surface area contributed by atoms with Crippen LogP contribution in [0, 0.1) is 0 Å². The third-order valence-electron chi connectivity index (χ3n) is 4.95. The third-order valence-corrected chi connectivity index (χ3v) is 5.18. The fourth-order valence-corrected chi connectivity index (χ4v) is 3.61. The quantitative estimate of drug-likeness (QED) is 0.719. The Hall–Kier alpha value is -2.70. The lowest BCUT2D eigenvalue weighted by molar-refractivity contribution is -0.122. The number of fused-ring (bicyclic) bond motifs is 1. The number of carbonyl (C=O) groups is 1. The van der Waals surface area contributed by atoms with Gasteiger partial charge in [0.05, 0.1) is 12.1 Å². The molecule has 1 amide bonds. The number of hydrogen-bond acceptors (Lipinski definition) is 5. The third kappa shape index (κ3) is 4.40. The van der Waals surface area contributed by atoms with Crippen molar-refractivity contribution in [2.75, 3.05) is 37.6 Å². The highest BCUT2D eigenvalue weighted by atomic mass is 35.5. The molecule has 3 aromatic rings. The molecule has 0 atom stereocenters. The number of rotatable bonds is 5. The zero-order chi connectivity index (χ0) is 19.3. The Morgan fingerprint density at radius 3 is 2.61 bits per heavy atom. The van der Waals surface area contributed by atoms with Gasteiger partial charge in [-0.15, -0.1) is 0 Å². The summed E-state index contributed by atoms with van der Waals surface area (Å²) >= 11 is 6.07. The molecule has 0 radical (unpaired) electrons. The fraction of sp³-hybridized carbons (Fsp3) is 0.286. The van der Waals surface area contributed by atoms with E-state index in [4.69, 9.17) is 11.6 Å². The number of nitrogens with zero attached hydrogens (tertiary/aromatic N) is 4. The van der Waals surface area contributed by atoms with E-state index >= 15 is 0 Å². The van der Waals surface area contributed by atoms with Gasteiger partial charge < -0.3 is 10.2 Å². The largest absolute Gasteiger partial charge is 0.353 e. The second-order valence-electron chi connectivity index (χ2n) is 6.88. The number of nitrogens with one attached hydrogen (secondary N) is 1. The molecule has 1 aliphatic rings. The summed E-state index contributed by atoms with van der Waals surface area (Å²) < 4.78 is 0. The molecule has 7 heteroatoms. The number of anilines is 1. The van der Waals surface area contributed by atoms with E-state index in [2.05, 4.69) is 25.1 Å². The lowest BCUT2D eigenvalue weighted by Crippen LogP contribution is -2.49.